The van der Waals surface area contributed by atoms with Crippen molar-refractivity contribution in [2.75, 3.05) is 0 Å². The van der Waals surface area contributed by atoms with Gasteiger partial charge in [-0.05, 0) is 19.9 Å². The van der Waals surface area contributed by atoms with Crippen molar-refractivity contribution in [1.29, 1.82) is 0 Å². The number of fused-ring (bicyclic) bond motifs is 1. The SMILES string of the molecule is CC(C)n1cncc1-c1cnn2cccnc12. The molecule has 0 saturated heterocycles. The molecule has 0 saturated carbocycles. The molecule has 3 aromatic heterocycles. The van der Waals surface area contributed by atoms with Gasteiger partial charge in [-0.25, -0.2) is 14.5 Å². The summed E-state index contributed by atoms with van der Waals surface area (Å²) in [6.07, 6.45) is 9.19. The molecule has 0 aliphatic heterocycles. The summed E-state index contributed by atoms with van der Waals surface area (Å²) in [6.45, 7) is 4.26. The molecular formula is C12H13N5. The van der Waals surface area contributed by atoms with E-state index in [1.165, 1.54) is 0 Å². The van der Waals surface area contributed by atoms with Gasteiger partial charge in [0.2, 0.25) is 0 Å². The minimum absolute atomic E-state index is 0.367. The van der Waals surface area contributed by atoms with Gasteiger partial charge in [-0.15, -0.1) is 0 Å². The van der Waals surface area contributed by atoms with Crippen LogP contribution in [-0.2, 0) is 0 Å². The average Bonchev–Trinajstić information content (AvgIpc) is 2.94. The lowest BCUT2D eigenvalue weighted by atomic mass is 10.2. The second kappa shape index (κ2) is 3.69. The number of aromatic nitrogens is 5. The Morgan fingerprint density at radius 2 is 2.12 bits per heavy atom. The van der Waals surface area contributed by atoms with Crippen molar-refractivity contribution in [1.82, 2.24) is 24.1 Å². The van der Waals surface area contributed by atoms with Gasteiger partial charge in [0, 0.05) is 18.4 Å². The molecule has 0 aromatic carbocycles. The number of hydrogen-bond donors (Lipinski definition) is 0. The van der Waals surface area contributed by atoms with Crippen LogP contribution < -0.4 is 0 Å². The van der Waals surface area contributed by atoms with Crippen LogP contribution in [0, 0.1) is 0 Å². The molecule has 86 valence electrons. The maximum atomic E-state index is 4.36. The van der Waals surface area contributed by atoms with E-state index >= 15 is 0 Å². The van der Waals surface area contributed by atoms with Crippen LogP contribution in [0.3, 0.4) is 0 Å². The number of rotatable bonds is 2. The maximum absolute atomic E-state index is 4.36. The largest absolute Gasteiger partial charge is 0.328 e. The van der Waals surface area contributed by atoms with Crippen LogP contribution in [-0.4, -0.2) is 24.1 Å². The van der Waals surface area contributed by atoms with Crippen molar-refractivity contribution in [2.45, 2.75) is 19.9 Å². The summed E-state index contributed by atoms with van der Waals surface area (Å²) < 4.78 is 3.89. The highest BCUT2D eigenvalue weighted by Gasteiger charge is 2.13. The Labute approximate surface area is 98.7 Å². The van der Waals surface area contributed by atoms with Crippen molar-refractivity contribution in [3.05, 3.63) is 37.2 Å². The third-order valence-corrected chi connectivity index (χ3v) is 2.78. The second-order valence-corrected chi connectivity index (χ2v) is 4.23. The fourth-order valence-corrected chi connectivity index (χ4v) is 1.93. The van der Waals surface area contributed by atoms with Gasteiger partial charge < -0.3 is 4.57 Å². The molecule has 0 N–H and O–H groups in total. The van der Waals surface area contributed by atoms with E-state index in [0.717, 1.165) is 16.9 Å². The smallest absolute Gasteiger partial charge is 0.164 e. The Bertz CT molecular complexity index is 650. The van der Waals surface area contributed by atoms with Crippen molar-refractivity contribution in [2.24, 2.45) is 0 Å². The van der Waals surface area contributed by atoms with Gasteiger partial charge in [-0.1, -0.05) is 0 Å². The Balaban J connectivity index is 2.24. The predicted molar refractivity (Wildman–Crippen MR) is 64.6 cm³/mol. The van der Waals surface area contributed by atoms with Crippen LogP contribution in [0.1, 0.15) is 19.9 Å². The molecule has 5 heteroatoms. The lowest BCUT2D eigenvalue weighted by molar-refractivity contribution is 0.605. The molecule has 0 amide bonds. The van der Waals surface area contributed by atoms with E-state index in [1.54, 1.807) is 10.7 Å². The van der Waals surface area contributed by atoms with E-state index < -0.39 is 0 Å². The first-order valence-corrected chi connectivity index (χ1v) is 5.58. The standard InChI is InChI=1S/C12H13N5/c1-9(2)16-8-13-7-11(16)10-6-15-17-5-3-4-14-12(10)17/h3-9H,1-2H3. The molecule has 3 aromatic rings. The number of nitrogens with zero attached hydrogens (tertiary/aromatic N) is 5. The highest BCUT2D eigenvalue weighted by atomic mass is 15.2. The van der Waals surface area contributed by atoms with Crippen molar-refractivity contribution in [3.63, 3.8) is 0 Å². The normalized spacial score (nSPS) is 11.5. The fourth-order valence-electron chi connectivity index (χ4n) is 1.93. The van der Waals surface area contributed by atoms with Crippen LogP contribution in [0.5, 0.6) is 0 Å². The first-order valence-electron chi connectivity index (χ1n) is 5.58. The van der Waals surface area contributed by atoms with E-state index in [2.05, 4.69) is 33.5 Å². The van der Waals surface area contributed by atoms with Crippen molar-refractivity contribution < 1.29 is 0 Å². The molecule has 0 bridgehead atoms. The molecule has 0 radical (unpaired) electrons. The van der Waals surface area contributed by atoms with Gasteiger partial charge in [0.15, 0.2) is 5.65 Å². The molecule has 0 fully saturated rings. The van der Waals surface area contributed by atoms with Crippen molar-refractivity contribution in [3.8, 4) is 11.3 Å². The van der Waals surface area contributed by atoms with Crippen LogP contribution >= 0.6 is 0 Å². The molecule has 0 unspecified atom stereocenters. The van der Waals surface area contributed by atoms with Gasteiger partial charge in [0.1, 0.15) is 0 Å². The summed E-state index contributed by atoms with van der Waals surface area (Å²) in [7, 11) is 0. The number of hydrogen-bond acceptors (Lipinski definition) is 3. The molecule has 0 spiro atoms. The van der Waals surface area contributed by atoms with Gasteiger partial charge in [-0.2, -0.15) is 5.10 Å². The highest BCUT2D eigenvalue weighted by molar-refractivity contribution is 5.74. The van der Waals surface area contributed by atoms with Gasteiger partial charge in [0.25, 0.3) is 0 Å². The zero-order valence-electron chi connectivity index (χ0n) is 9.78. The lowest BCUT2D eigenvalue weighted by Gasteiger charge is -2.10. The van der Waals surface area contributed by atoms with Crippen molar-refractivity contribution >= 4 is 5.65 Å². The molecule has 17 heavy (non-hydrogen) atoms. The van der Waals surface area contributed by atoms with Gasteiger partial charge in [0.05, 0.1) is 30.0 Å². The van der Waals surface area contributed by atoms with Gasteiger partial charge in [-0.3, -0.25) is 0 Å². The second-order valence-electron chi connectivity index (χ2n) is 4.23. The average molecular weight is 227 g/mol. The molecule has 0 aliphatic rings. The third kappa shape index (κ3) is 1.51. The predicted octanol–water partition coefficient (Wildman–Crippen LogP) is 2.17. The van der Waals surface area contributed by atoms with Crippen LogP contribution in [0.25, 0.3) is 16.9 Å². The summed E-state index contributed by atoms with van der Waals surface area (Å²) in [4.78, 5) is 8.56. The summed E-state index contributed by atoms with van der Waals surface area (Å²) >= 11 is 0. The minimum Gasteiger partial charge on any atom is -0.328 e. The molecule has 3 heterocycles. The van der Waals surface area contributed by atoms with E-state index in [-0.39, 0.29) is 0 Å². The van der Waals surface area contributed by atoms with E-state index in [4.69, 9.17) is 0 Å². The van der Waals surface area contributed by atoms with E-state index in [9.17, 15) is 0 Å². The monoisotopic (exact) mass is 227 g/mol. The topological polar surface area (TPSA) is 48.0 Å². The molecule has 5 nitrogen and oxygen atoms in total. The summed E-state index contributed by atoms with van der Waals surface area (Å²) in [5, 5.41) is 4.29. The zero-order valence-corrected chi connectivity index (χ0v) is 9.78. The maximum Gasteiger partial charge on any atom is 0.164 e. The first-order chi connectivity index (χ1) is 8.27. The van der Waals surface area contributed by atoms with E-state index in [0.29, 0.717) is 6.04 Å². The molecule has 0 aliphatic carbocycles. The summed E-state index contributed by atoms with van der Waals surface area (Å²) in [6, 6.07) is 2.23. The van der Waals surface area contributed by atoms with Crippen LogP contribution in [0.2, 0.25) is 0 Å². The van der Waals surface area contributed by atoms with E-state index in [1.807, 2.05) is 31.0 Å². The molecular weight excluding hydrogens is 214 g/mol. The summed E-state index contributed by atoms with van der Waals surface area (Å²) in [5.74, 6) is 0. The fraction of sp³-hybridized carbons (Fsp3) is 0.250. The number of imidazole rings is 1. The highest BCUT2D eigenvalue weighted by Crippen LogP contribution is 2.24. The van der Waals surface area contributed by atoms with Crippen LogP contribution in [0.4, 0.5) is 0 Å². The molecule has 3 rings (SSSR count). The quantitative estimate of drug-likeness (QED) is 0.674. The van der Waals surface area contributed by atoms with Gasteiger partial charge >= 0.3 is 0 Å². The zero-order chi connectivity index (χ0) is 11.8. The summed E-state index contributed by atoms with van der Waals surface area (Å²) in [5.41, 5.74) is 2.92. The van der Waals surface area contributed by atoms with Crippen LogP contribution in [0.15, 0.2) is 37.2 Å². The molecule has 0 atom stereocenters. The Morgan fingerprint density at radius 1 is 1.24 bits per heavy atom. The first kappa shape index (κ1) is 10.0. The lowest BCUT2D eigenvalue weighted by Crippen LogP contribution is -2.00. The third-order valence-electron chi connectivity index (χ3n) is 2.78. The minimum atomic E-state index is 0.367. The Kier molecular flexibility index (Phi) is 2.18. The Morgan fingerprint density at radius 3 is 2.94 bits per heavy atom. The Hall–Kier alpha value is -2.17.